The first kappa shape index (κ1) is 13.5. The lowest BCUT2D eigenvalue weighted by Crippen LogP contribution is -1.91. The van der Waals surface area contributed by atoms with Gasteiger partial charge in [0.2, 0.25) is 0 Å². The smallest absolute Gasteiger partial charge is 0.0346 e. The van der Waals surface area contributed by atoms with Crippen LogP contribution in [-0.2, 0) is 0 Å². The molecule has 0 radical (unpaired) electrons. The molecule has 2 heterocycles. The Morgan fingerprint density at radius 1 is 0.714 bits per heavy atom. The molecule has 2 aromatic heterocycles. The minimum atomic E-state index is 0.488. The van der Waals surface area contributed by atoms with Crippen molar-refractivity contribution in [3.8, 4) is 22.3 Å². The molecule has 0 unspecified atom stereocenters. The fraction of sp³-hybridized carbons (Fsp3) is 0.158. The molecule has 0 aliphatic carbocycles. The van der Waals surface area contributed by atoms with Crippen molar-refractivity contribution in [3.05, 3.63) is 72.8 Å². The van der Waals surface area contributed by atoms with E-state index in [2.05, 4.69) is 48.1 Å². The third kappa shape index (κ3) is 3.00. The zero-order valence-corrected chi connectivity index (χ0v) is 12.3. The lowest BCUT2D eigenvalue weighted by atomic mass is 9.93. The predicted octanol–water partition coefficient (Wildman–Crippen LogP) is 4.93. The summed E-state index contributed by atoms with van der Waals surface area (Å²) in [5.41, 5.74) is 6.11. The molecule has 0 amide bonds. The Hall–Kier alpha value is -2.48. The van der Waals surface area contributed by atoms with Crippen LogP contribution < -0.4 is 0 Å². The summed E-state index contributed by atoms with van der Waals surface area (Å²) >= 11 is 0. The molecule has 0 bridgehead atoms. The lowest BCUT2D eigenvalue weighted by molar-refractivity contribution is 0.867. The second kappa shape index (κ2) is 5.88. The Balaban J connectivity index is 2.16. The highest BCUT2D eigenvalue weighted by Gasteiger charge is 2.07. The summed E-state index contributed by atoms with van der Waals surface area (Å²) in [5.74, 6) is 0.488. The third-order valence-electron chi connectivity index (χ3n) is 3.63. The summed E-state index contributed by atoms with van der Waals surface area (Å²) in [6.45, 7) is 4.44. The molecule has 2 nitrogen and oxygen atoms in total. The van der Waals surface area contributed by atoms with Gasteiger partial charge in [0.15, 0.2) is 0 Å². The van der Waals surface area contributed by atoms with Gasteiger partial charge in [-0.05, 0) is 52.4 Å². The van der Waals surface area contributed by atoms with Crippen LogP contribution in [0.15, 0.2) is 67.3 Å². The van der Waals surface area contributed by atoms with Crippen LogP contribution in [0.1, 0.15) is 25.3 Å². The lowest BCUT2D eigenvalue weighted by Gasteiger charge is -2.12. The molecule has 21 heavy (non-hydrogen) atoms. The van der Waals surface area contributed by atoms with Crippen molar-refractivity contribution in [2.24, 2.45) is 0 Å². The van der Waals surface area contributed by atoms with Crippen LogP contribution in [0.2, 0.25) is 0 Å². The van der Waals surface area contributed by atoms with Crippen molar-refractivity contribution in [1.29, 1.82) is 0 Å². The fourth-order valence-electron chi connectivity index (χ4n) is 2.40. The number of pyridine rings is 2. The number of nitrogens with zero attached hydrogens (tertiary/aromatic N) is 2. The van der Waals surface area contributed by atoms with E-state index in [0.717, 1.165) is 5.56 Å². The molecule has 0 aliphatic heterocycles. The van der Waals surface area contributed by atoms with Crippen LogP contribution in [-0.4, -0.2) is 9.97 Å². The number of benzene rings is 1. The van der Waals surface area contributed by atoms with Gasteiger partial charge in [-0.3, -0.25) is 9.97 Å². The fourth-order valence-corrected chi connectivity index (χ4v) is 2.40. The Bertz CT molecular complexity index is 661. The highest BCUT2D eigenvalue weighted by molar-refractivity contribution is 5.73. The van der Waals surface area contributed by atoms with Crippen LogP contribution in [0.4, 0.5) is 0 Å². The summed E-state index contributed by atoms with van der Waals surface area (Å²) in [4.78, 5) is 8.33. The molecule has 0 N–H and O–H groups in total. The molecule has 0 atom stereocenters. The van der Waals surface area contributed by atoms with Gasteiger partial charge in [0.05, 0.1) is 0 Å². The van der Waals surface area contributed by atoms with E-state index in [9.17, 15) is 0 Å². The van der Waals surface area contributed by atoms with Crippen molar-refractivity contribution >= 4 is 0 Å². The molecule has 3 aromatic rings. The van der Waals surface area contributed by atoms with Crippen molar-refractivity contribution < 1.29 is 0 Å². The van der Waals surface area contributed by atoms with E-state index in [0.29, 0.717) is 5.92 Å². The topological polar surface area (TPSA) is 25.8 Å². The second-order valence-electron chi connectivity index (χ2n) is 5.48. The van der Waals surface area contributed by atoms with E-state index in [1.165, 1.54) is 22.3 Å². The number of hydrogen-bond acceptors (Lipinski definition) is 2. The van der Waals surface area contributed by atoms with Gasteiger partial charge in [-0.2, -0.15) is 0 Å². The maximum absolute atomic E-state index is 4.23. The van der Waals surface area contributed by atoms with Crippen LogP contribution in [0, 0.1) is 0 Å². The Morgan fingerprint density at radius 3 is 2.05 bits per heavy atom. The van der Waals surface area contributed by atoms with Crippen molar-refractivity contribution in [2.75, 3.05) is 0 Å². The van der Waals surface area contributed by atoms with E-state index >= 15 is 0 Å². The number of rotatable bonds is 3. The average Bonchev–Trinajstić information content (AvgIpc) is 2.56. The highest BCUT2D eigenvalue weighted by atomic mass is 14.6. The summed E-state index contributed by atoms with van der Waals surface area (Å²) in [7, 11) is 0. The van der Waals surface area contributed by atoms with Gasteiger partial charge < -0.3 is 0 Å². The zero-order chi connectivity index (χ0) is 14.7. The van der Waals surface area contributed by atoms with E-state index in [1.807, 2.05) is 36.8 Å². The van der Waals surface area contributed by atoms with Gasteiger partial charge in [-0.25, -0.2) is 0 Å². The molecule has 0 spiro atoms. The molecule has 0 aliphatic rings. The molecule has 0 saturated carbocycles. The molecule has 0 fully saturated rings. The SMILES string of the molecule is CC(C)c1cc(-c2ccncc2)cc(-c2cccnc2)c1. The van der Waals surface area contributed by atoms with E-state index in [1.54, 1.807) is 6.20 Å². The molecular weight excluding hydrogens is 256 g/mol. The van der Waals surface area contributed by atoms with Gasteiger partial charge >= 0.3 is 0 Å². The highest BCUT2D eigenvalue weighted by Crippen LogP contribution is 2.30. The predicted molar refractivity (Wildman–Crippen MR) is 87.0 cm³/mol. The van der Waals surface area contributed by atoms with Crippen molar-refractivity contribution in [1.82, 2.24) is 9.97 Å². The Labute approximate surface area is 125 Å². The number of aromatic nitrogens is 2. The quantitative estimate of drug-likeness (QED) is 0.676. The van der Waals surface area contributed by atoms with Crippen LogP contribution in [0.5, 0.6) is 0 Å². The van der Waals surface area contributed by atoms with Crippen molar-refractivity contribution in [2.45, 2.75) is 19.8 Å². The molecule has 104 valence electrons. The van der Waals surface area contributed by atoms with E-state index in [-0.39, 0.29) is 0 Å². The molecule has 0 saturated heterocycles. The summed E-state index contributed by atoms with van der Waals surface area (Å²) in [5, 5.41) is 0. The van der Waals surface area contributed by atoms with Gasteiger partial charge in [0.25, 0.3) is 0 Å². The maximum atomic E-state index is 4.23. The van der Waals surface area contributed by atoms with Crippen LogP contribution in [0.3, 0.4) is 0 Å². The van der Waals surface area contributed by atoms with Crippen molar-refractivity contribution in [3.63, 3.8) is 0 Å². The van der Waals surface area contributed by atoms with E-state index in [4.69, 9.17) is 0 Å². The molecular formula is C19H18N2. The molecule has 3 rings (SSSR count). The Morgan fingerprint density at radius 2 is 1.43 bits per heavy atom. The largest absolute Gasteiger partial charge is 0.265 e. The van der Waals surface area contributed by atoms with Gasteiger partial charge in [-0.1, -0.05) is 32.0 Å². The zero-order valence-electron chi connectivity index (χ0n) is 12.3. The summed E-state index contributed by atoms with van der Waals surface area (Å²) < 4.78 is 0. The number of hydrogen-bond donors (Lipinski definition) is 0. The monoisotopic (exact) mass is 274 g/mol. The third-order valence-corrected chi connectivity index (χ3v) is 3.63. The van der Waals surface area contributed by atoms with Gasteiger partial charge in [0, 0.05) is 30.4 Å². The maximum Gasteiger partial charge on any atom is 0.0346 e. The Kier molecular flexibility index (Phi) is 3.78. The summed E-state index contributed by atoms with van der Waals surface area (Å²) in [6, 6.07) is 14.9. The van der Waals surface area contributed by atoms with Gasteiger partial charge in [-0.15, -0.1) is 0 Å². The van der Waals surface area contributed by atoms with Gasteiger partial charge in [0.1, 0.15) is 0 Å². The second-order valence-corrected chi connectivity index (χ2v) is 5.48. The minimum absolute atomic E-state index is 0.488. The first-order valence-corrected chi connectivity index (χ1v) is 7.20. The summed E-state index contributed by atoms with van der Waals surface area (Å²) in [6.07, 6.45) is 7.39. The first-order chi connectivity index (χ1) is 10.2. The molecule has 2 heteroatoms. The van der Waals surface area contributed by atoms with E-state index < -0.39 is 0 Å². The minimum Gasteiger partial charge on any atom is -0.265 e. The van der Waals surface area contributed by atoms with Crippen LogP contribution >= 0.6 is 0 Å². The molecule has 1 aromatic carbocycles. The average molecular weight is 274 g/mol. The normalized spacial score (nSPS) is 10.8. The standard InChI is InChI=1S/C19H18N2/c1-14(2)17-10-18(15-5-8-20-9-6-15)12-19(11-17)16-4-3-7-21-13-16/h3-14H,1-2H3. The van der Waals surface area contributed by atoms with Crippen LogP contribution in [0.25, 0.3) is 22.3 Å². The first-order valence-electron chi connectivity index (χ1n) is 7.20.